The molecule has 0 saturated heterocycles. The molecule has 4 heteroatoms. The van der Waals surface area contributed by atoms with Crippen LogP contribution in [0.2, 0.25) is 5.02 Å². The van der Waals surface area contributed by atoms with Crippen molar-refractivity contribution in [2.45, 2.75) is 31.7 Å². The molecule has 0 aliphatic heterocycles. The summed E-state index contributed by atoms with van der Waals surface area (Å²) < 4.78 is 13.8. The van der Waals surface area contributed by atoms with E-state index in [2.05, 4.69) is 5.43 Å². The molecule has 18 heavy (non-hydrogen) atoms. The van der Waals surface area contributed by atoms with Crippen molar-refractivity contribution >= 4 is 11.6 Å². The van der Waals surface area contributed by atoms with Gasteiger partial charge in [-0.2, -0.15) is 0 Å². The fraction of sp³-hybridized carbons (Fsp3) is 0.571. The average Bonchev–Trinajstić information content (AvgIpc) is 2.95. The zero-order valence-corrected chi connectivity index (χ0v) is 11.0. The molecule has 0 heterocycles. The van der Waals surface area contributed by atoms with Gasteiger partial charge >= 0.3 is 0 Å². The number of nitrogens with two attached hydrogens (primary N) is 1. The Morgan fingerprint density at radius 2 is 2.06 bits per heavy atom. The number of hydrogen-bond acceptors (Lipinski definition) is 2. The largest absolute Gasteiger partial charge is 0.271 e. The van der Waals surface area contributed by atoms with Crippen molar-refractivity contribution in [2.24, 2.45) is 23.6 Å². The Bertz CT molecular complexity index is 441. The van der Waals surface area contributed by atoms with Crippen LogP contribution in [0.5, 0.6) is 0 Å². The van der Waals surface area contributed by atoms with Crippen molar-refractivity contribution in [3.63, 3.8) is 0 Å². The second kappa shape index (κ2) is 4.80. The summed E-state index contributed by atoms with van der Waals surface area (Å²) in [7, 11) is 0. The zero-order valence-electron chi connectivity index (χ0n) is 10.2. The maximum absolute atomic E-state index is 13.8. The Morgan fingerprint density at radius 3 is 2.67 bits per heavy atom. The van der Waals surface area contributed by atoms with Crippen molar-refractivity contribution in [1.82, 2.24) is 5.43 Å². The van der Waals surface area contributed by atoms with Gasteiger partial charge in [-0.25, -0.2) is 4.39 Å². The number of benzene rings is 1. The summed E-state index contributed by atoms with van der Waals surface area (Å²) in [5, 5.41) is 0.440. The molecule has 0 aromatic heterocycles. The van der Waals surface area contributed by atoms with Gasteiger partial charge in [0.25, 0.3) is 0 Å². The summed E-state index contributed by atoms with van der Waals surface area (Å²) in [6, 6.07) is 5.04. The lowest BCUT2D eigenvalue weighted by Crippen LogP contribution is -2.42. The summed E-state index contributed by atoms with van der Waals surface area (Å²) in [5.41, 5.74) is 3.57. The fourth-order valence-corrected chi connectivity index (χ4v) is 3.53. The maximum Gasteiger partial charge on any atom is 0.127 e. The molecule has 0 radical (unpaired) electrons. The summed E-state index contributed by atoms with van der Waals surface area (Å²) >= 11 is 5.76. The minimum atomic E-state index is -0.231. The van der Waals surface area contributed by atoms with E-state index < -0.39 is 0 Å². The third kappa shape index (κ3) is 2.40. The molecule has 2 saturated carbocycles. The molecule has 3 unspecified atom stereocenters. The molecule has 2 fully saturated rings. The maximum atomic E-state index is 13.8. The van der Waals surface area contributed by atoms with Gasteiger partial charge in [-0.3, -0.25) is 11.3 Å². The molecular formula is C14H18ClFN2. The van der Waals surface area contributed by atoms with Crippen LogP contribution in [0, 0.1) is 23.6 Å². The second-order valence-corrected chi connectivity index (χ2v) is 6.14. The molecule has 98 valence electrons. The van der Waals surface area contributed by atoms with Crippen molar-refractivity contribution in [2.75, 3.05) is 0 Å². The molecule has 2 aliphatic carbocycles. The van der Waals surface area contributed by atoms with Gasteiger partial charge in [-0.1, -0.05) is 17.7 Å². The van der Waals surface area contributed by atoms with E-state index >= 15 is 0 Å². The van der Waals surface area contributed by atoms with E-state index in [1.54, 1.807) is 12.1 Å². The molecule has 2 aliphatic rings. The summed E-state index contributed by atoms with van der Waals surface area (Å²) in [6.07, 6.45) is 4.52. The summed E-state index contributed by atoms with van der Waals surface area (Å²) in [6.45, 7) is 0. The Labute approximate surface area is 112 Å². The van der Waals surface area contributed by atoms with Crippen molar-refractivity contribution in [3.8, 4) is 0 Å². The highest BCUT2D eigenvalue weighted by atomic mass is 35.5. The van der Waals surface area contributed by atoms with Crippen LogP contribution in [0.3, 0.4) is 0 Å². The van der Waals surface area contributed by atoms with Crippen LogP contribution >= 0.6 is 11.6 Å². The van der Waals surface area contributed by atoms with Crippen LogP contribution in [0.1, 0.15) is 24.8 Å². The second-order valence-electron chi connectivity index (χ2n) is 5.70. The van der Waals surface area contributed by atoms with Gasteiger partial charge in [0.15, 0.2) is 0 Å². The third-order valence-electron chi connectivity index (χ3n) is 4.52. The van der Waals surface area contributed by atoms with E-state index in [1.165, 1.54) is 25.3 Å². The lowest BCUT2D eigenvalue weighted by atomic mass is 9.90. The predicted molar refractivity (Wildman–Crippen MR) is 70.5 cm³/mol. The molecule has 3 N–H and O–H groups in total. The van der Waals surface area contributed by atoms with E-state index in [0.717, 1.165) is 11.8 Å². The molecule has 0 amide bonds. The molecule has 2 nitrogen and oxygen atoms in total. The summed E-state index contributed by atoms with van der Waals surface area (Å²) in [5.74, 6) is 7.84. The predicted octanol–water partition coefficient (Wildman–Crippen LogP) is 2.90. The number of fused-ring (bicyclic) bond motifs is 1. The number of hydrogen-bond donors (Lipinski definition) is 2. The van der Waals surface area contributed by atoms with E-state index in [-0.39, 0.29) is 11.9 Å². The van der Waals surface area contributed by atoms with Crippen molar-refractivity contribution in [1.29, 1.82) is 0 Å². The van der Waals surface area contributed by atoms with E-state index in [1.807, 2.05) is 0 Å². The van der Waals surface area contributed by atoms with Gasteiger partial charge in [0.05, 0.1) is 0 Å². The Hall–Kier alpha value is -0.640. The topological polar surface area (TPSA) is 38.0 Å². The highest BCUT2D eigenvalue weighted by Crippen LogP contribution is 2.55. The Kier molecular flexibility index (Phi) is 3.31. The first-order chi connectivity index (χ1) is 8.67. The van der Waals surface area contributed by atoms with Gasteiger partial charge in [0, 0.05) is 11.1 Å². The molecule has 0 bridgehead atoms. The van der Waals surface area contributed by atoms with Crippen molar-refractivity contribution < 1.29 is 4.39 Å². The van der Waals surface area contributed by atoms with Gasteiger partial charge in [0.2, 0.25) is 0 Å². The minimum absolute atomic E-state index is 0.175. The van der Waals surface area contributed by atoms with Crippen molar-refractivity contribution in [3.05, 3.63) is 34.6 Å². The van der Waals surface area contributed by atoms with E-state index in [9.17, 15) is 4.39 Å². The monoisotopic (exact) mass is 268 g/mol. The molecule has 1 aromatic rings. The number of halogens is 2. The average molecular weight is 269 g/mol. The van der Waals surface area contributed by atoms with Crippen LogP contribution in [0.25, 0.3) is 0 Å². The van der Waals surface area contributed by atoms with Crippen LogP contribution in [0.4, 0.5) is 4.39 Å². The van der Waals surface area contributed by atoms with Crippen LogP contribution in [-0.4, -0.2) is 6.04 Å². The molecule has 3 rings (SSSR count). The highest BCUT2D eigenvalue weighted by molar-refractivity contribution is 6.30. The normalized spacial score (nSPS) is 31.2. The first-order valence-electron chi connectivity index (χ1n) is 6.57. The van der Waals surface area contributed by atoms with E-state index in [0.29, 0.717) is 22.9 Å². The number of hydrazine groups is 1. The van der Waals surface area contributed by atoms with Crippen LogP contribution in [0.15, 0.2) is 18.2 Å². The van der Waals surface area contributed by atoms with E-state index in [4.69, 9.17) is 17.4 Å². The number of nitrogens with one attached hydrogen (secondary N) is 1. The molecule has 1 aromatic carbocycles. The van der Waals surface area contributed by atoms with Gasteiger partial charge in [-0.15, -0.1) is 0 Å². The first kappa shape index (κ1) is 12.4. The molecular weight excluding hydrogens is 251 g/mol. The standard InChI is InChI=1S/C14H18ClFN2/c15-12-2-1-8(13(16)7-12)6-14(18-17)11-4-9-3-10(9)5-11/h1-2,7,9-11,14,18H,3-6,17H2. The van der Waals surface area contributed by atoms with Crippen LogP contribution in [-0.2, 0) is 6.42 Å². The van der Waals surface area contributed by atoms with Gasteiger partial charge < -0.3 is 0 Å². The Balaban J connectivity index is 1.69. The lowest BCUT2D eigenvalue weighted by Gasteiger charge is -2.24. The quantitative estimate of drug-likeness (QED) is 0.651. The third-order valence-corrected chi connectivity index (χ3v) is 4.75. The van der Waals surface area contributed by atoms with Gasteiger partial charge in [-0.05, 0) is 61.1 Å². The Morgan fingerprint density at radius 1 is 1.33 bits per heavy atom. The summed E-state index contributed by atoms with van der Waals surface area (Å²) in [4.78, 5) is 0. The smallest absolute Gasteiger partial charge is 0.127 e. The van der Waals surface area contributed by atoms with Gasteiger partial charge in [0.1, 0.15) is 5.82 Å². The molecule has 0 spiro atoms. The zero-order chi connectivity index (χ0) is 12.7. The highest BCUT2D eigenvalue weighted by Gasteiger charge is 2.47. The number of rotatable bonds is 4. The molecule has 3 atom stereocenters. The first-order valence-corrected chi connectivity index (χ1v) is 6.95. The SMILES string of the molecule is NNC(Cc1ccc(Cl)cc1F)C1CC2CC2C1. The minimum Gasteiger partial charge on any atom is -0.271 e. The fourth-order valence-electron chi connectivity index (χ4n) is 3.38. The lowest BCUT2D eigenvalue weighted by molar-refractivity contribution is 0.333. The van der Waals surface area contributed by atoms with Crippen LogP contribution < -0.4 is 11.3 Å².